The van der Waals surface area contributed by atoms with E-state index in [1.807, 2.05) is 10.9 Å². The van der Waals surface area contributed by atoms with Gasteiger partial charge >= 0.3 is 5.00 Å². The molecule has 20 heavy (non-hydrogen) atoms. The lowest BCUT2D eigenvalue weighted by molar-refractivity contribution is -0.380. The summed E-state index contributed by atoms with van der Waals surface area (Å²) < 4.78 is 1.83. The molecule has 1 saturated heterocycles. The highest BCUT2D eigenvalue weighted by molar-refractivity contribution is 7.18. The molecule has 2 aromatic rings. The second kappa shape index (κ2) is 5.53. The Morgan fingerprint density at radius 1 is 1.55 bits per heavy atom. The molecule has 0 aromatic carbocycles. The lowest BCUT2D eigenvalue weighted by atomic mass is 9.98. The van der Waals surface area contributed by atoms with Gasteiger partial charge in [-0.3, -0.25) is 14.8 Å². The molecule has 0 amide bonds. The summed E-state index contributed by atoms with van der Waals surface area (Å²) in [5, 5.41) is 19.3. The molecule has 0 saturated carbocycles. The standard InChI is InChI=1S/C11H14N6O2S/c18-17(19)10-6-12-11(20-10)15-4-1-2-9(7-15)8-16-5-3-13-14-16/h3,5-6,9H,1-2,4,7-8H2. The van der Waals surface area contributed by atoms with Crippen LogP contribution in [0.25, 0.3) is 0 Å². The third-order valence-electron chi connectivity index (χ3n) is 3.37. The van der Waals surface area contributed by atoms with Crippen LogP contribution in [0.5, 0.6) is 0 Å². The maximum Gasteiger partial charge on any atom is 0.345 e. The van der Waals surface area contributed by atoms with E-state index in [2.05, 4.69) is 20.2 Å². The highest BCUT2D eigenvalue weighted by Gasteiger charge is 2.24. The van der Waals surface area contributed by atoms with Gasteiger partial charge in [-0.05, 0) is 30.1 Å². The average Bonchev–Trinajstić information content (AvgIpc) is 3.09. The van der Waals surface area contributed by atoms with E-state index in [4.69, 9.17) is 0 Å². The number of nitro groups is 1. The van der Waals surface area contributed by atoms with Gasteiger partial charge in [0, 0.05) is 25.8 Å². The highest BCUT2D eigenvalue weighted by atomic mass is 32.1. The minimum Gasteiger partial charge on any atom is -0.348 e. The van der Waals surface area contributed by atoms with Gasteiger partial charge in [0.1, 0.15) is 6.20 Å². The van der Waals surface area contributed by atoms with Crippen molar-refractivity contribution in [3.63, 3.8) is 0 Å². The maximum atomic E-state index is 10.7. The van der Waals surface area contributed by atoms with Gasteiger partial charge in [0.25, 0.3) is 0 Å². The fourth-order valence-corrected chi connectivity index (χ4v) is 3.24. The second-order valence-corrected chi connectivity index (χ2v) is 5.81. The maximum absolute atomic E-state index is 10.7. The Balaban J connectivity index is 1.66. The van der Waals surface area contributed by atoms with Crippen molar-refractivity contribution in [3.8, 4) is 0 Å². The highest BCUT2D eigenvalue weighted by Crippen LogP contribution is 2.31. The Morgan fingerprint density at radius 3 is 3.15 bits per heavy atom. The molecule has 3 heterocycles. The quantitative estimate of drug-likeness (QED) is 0.628. The molecule has 1 aliphatic heterocycles. The van der Waals surface area contributed by atoms with Crippen LogP contribution in [0, 0.1) is 16.0 Å². The van der Waals surface area contributed by atoms with E-state index in [-0.39, 0.29) is 5.00 Å². The number of nitrogens with zero attached hydrogens (tertiary/aromatic N) is 6. The molecule has 106 valence electrons. The van der Waals surface area contributed by atoms with Gasteiger partial charge in [-0.25, -0.2) is 4.98 Å². The monoisotopic (exact) mass is 294 g/mol. The molecular formula is C11H14N6O2S. The van der Waals surface area contributed by atoms with Gasteiger partial charge in [0.05, 0.1) is 11.1 Å². The van der Waals surface area contributed by atoms with Crippen LogP contribution in [0.1, 0.15) is 12.8 Å². The van der Waals surface area contributed by atoms with E-state index >= 15 is 0 Å². The number of rotatable bonds is 4. The molecule has 2 aromatic heterocycles. The Labute approximate surface area is 119 Å². The summed E-state index contributed by atoms with van der Waals surface area (Å²) >= 11 is 1.14. The molecular weight excluding hydrogens is 280 g/mol. The Kier molecular flexibility index (Phi) is 3.59. The minimum absolute atomic E-state index is 0.0957. The molecule has 8 nitrogen and oxygen atoms in total. The predicted octanol–water partition coefficient (Wildman–Crippen LogP) is 1.56. The number of hydrogen-bond donors (Lipinski definition) is 0. The van der Waals surface area contributed by atoms with E-state index in [9.17, 15) is 10.1 Å². The molecule has 0 spiro atoms. The molecule has 1 aliphatic rings. The molecule has 0 aliphatic carbocycles. The second-order valence-electron chi connectivity index (χ2n) is 4.82. The van der Waals surface area contributed by atoms with E-state index in [0.29, 0.717) is 5.92 Å². The number of aromatic nitrogens is 4. The van der Waals surface area contributed by atoms with Crippen LogP contribution in [0.15, 0.2) is 18.6 Å². The SMILES string of the molecule is O=[N+]([O-])c1cnc(N2CCCC(Cn3ccnn3)C2)s1. The zero-order chi connectivity index (χ0) is 13.9. The topological polar surface area (TPSA) is 90.0 Å². The summed E-state index contributed by atoms with van der Waals surface area (Å²) in [7, 11) is 0. The fraction of sp³-hybridized carbons (Fsp3) is 0.545. The normalized spacial score (nSPS) is 19.2. The molecule has 0 bridgehead atoms. The van der Waals surface area contributed by atoms with Crippen LogP contribution in [0.2, 0.25) is 0 Å². The number of hydrogen-bond acceptors (Lipinski definition) is 7. The largest absolute Gasteiger partial charge is 0.348 e. The first-order valence-electron chi connectivity index (χ1n) is 6.41. The summed E-state index contributed by atoms with van der Waals surface area (Å²) in [6.07, 6.45) is 7.05. The molecule has 3 rings (SSSR count). The van der Waals surface area contributed by atoms with E-state index in [1.54, 1.807) is 6.20 Å². The van der Waals surface area contributed by atoms with Crippen molar-refractivity contribution in [2.24, 2.45) is 5.92 Å². The molecule has 1 atom stereocenters. The molecule has 0 N–H and O–H groups in total. The predicted molar refractivity (Wildman–Crippen MR) is 73.7 cm³/mol. The van der Waals surface area contributed by atoms with Crippen molar-refractivity contribution in [1.82, 2.24) is 20.0 Å². The molecule has 9 heteroatoms. The lowest BCUT2D eigenvalue weighted by Crippen LogP contribution is -2.37. The molecule has 0 radical (unpaired) electrons. The summed E-state index contributed by atoms with van der Waals surface area (Å²) in [5.41, 5.74) is 0. The first-order chi connectivity index (χ1) is 9.72. The molecule has 1 fully saturated rings. The summed E-state index contributed by atoms with van der Waals surface area (Å²) in [5.74, 6) is 0.466. The van der Waals surface area contributed by atoms with Crippen LogP contribution in [0.4, 0.5) is 10.1 Å². The minimum atomic E-state index is -0.391. The Morgan fingerprint density at radius 2 is 2.45 bits per heavy atom. The van der Waals surface area contributed by atoms with Crippen molar-refractivity contribution >= 4 is 21.5 Å². The van der Waals surface area contributed by atoms with Crippen LogP contribution >= 0.6 is 11.3 Å². The van der Waals surface area contributed by atoms with Gasteiger partial charge in [0.2, 0.25) is 0 Å². The van der Waals surface area contributed by atoms with E-state index < -0.39 is 4.92 Å². The van der Waals surface area contributed by atoms with Gasteiger partial charge in [-0.15, -0.1) is 5.10 Å². The summed E-state index contributed by atoms with van der Waals surface area (Å²) in [6.45, 7) is 2.58. The molecule has 1 unspecified atom stereocenters. The Hall–Kier alpha value is -2.03. The summed E-state index contributed by atoms with van der Waals surface area (Å²) in [6, 6.07) is 0. The van der Waals surface area contributed by atoms with Crippen LogP contribution in [-0.2, 0) is 6.54 Å². The lowest BCUT2D eigenvalue weighted by Gasteiger charge is -2.32. The van der Waals surface area contributed by atoms with Crippen LogP contribution in [-0.4, -0.2) is 38.0 Å². The summed E-state index contributed by atoms with van der Waals surface area (Å²) in [4.78, 5) is 16.6. The van der Waals surface area contributed by atoms with Gasteiger partial charge in [0.15, 0.2) is 5.13 Å². The third-order valence-corrected chi connectivity index (χ3v) is 4.38. The Bertz CT molecular complexity index is 584. The average molecular weight is 294 g/mol. The van der Waals surface area contributed by atoms with E-state index in [0.717, 1.165) is 48.9 Å². The zero-order valence-corrected chi connectivity index (χ0v) is 11.6. The van der Waals surface area contributed by atoms with Crippen LogP contribution < -0.4 is 4.90 Å². The van der Waals surface area contributed by atoms with Crippen molar-refractivity contribution in [3.05, 3.63) is 28.7 Å². The number of piperidine rings is 1. The zero-order valence-electron chi connectivity index (χ0n) is 10.8. The van der Waals surface area contributed by atoms with Gasteiger partial charge in [-0.1, -0.05) is 5.21 Å². The first kappa shape index (κ1) is 13.0. The van der Waals surface area contributed by atoms with Crippen LogP contribution in [0.3, 0.4) is 0 Å². The van der Waals surface area contributed by atoms with Crippen molar-refractivity contribution < 1.29 is 4.92 Å². The third kappa shape index (κ3) is 2.77. The number of anilines is 1. The van der Waals surface area contributed by atoms with Crippen molar-refractivity contribution in [1.29, 1.82) is 0 Å². The van der Waals surface area contributed by atoms with Crippen molar-refractivity contribution in [2.75, 3.05) is 18.0 Å². The number of thiazole rings is 1. The smallest absolute Gasteiger partial charge is 0.345 e. The van der Waals surface area contributed by atoms with Crippen molar-refractivity contribution in [2.45, 2.75) is 19.4 Å². The first-order valence-corrected chi connectivity index (χ1v) is 7.23. The van der Waals surface area contributed by atoms with Gasteiger partial charge in [-0.2, -0.15) is 0 Å². The van der Waals surface area contributed by atoms with Gasteiger partial charge < -0.3 is 4.90 Å². The fourth-order valence-electron chi connectivity index (χ4n) is 2.47. The van der Waals surface area contributed by atoms with E-state index in [1.165, 1.54) is 6.20 Å².